The molecule has 1 saturated heterocycles. The summed E-state index contributed by atoms with van der Waals surface area (Å²) < 4.78 is 31.5. The number of benzene rings is 3. The largest absolute Gasteiger partial charge is 0.507 e. The van der Waals surface area contributed by atoms with E-state index >= 15 is 0 Å². The molecule has 2 aliphatic heterocycles. The minimum absolute atomic E-state index is 0.110. The van der Waals surface area contributed by atoms with E-state index in [4.69, 9.17) is 14.2 Å². The summed E-state index contributed by atoms with van der Waals surface area (Å²) in [5.74, 6) is -0.620. The van der Waals surface area contributed by atoms with Gasteiger partial charge in [-0.25, -0.2) is 4.39 Å². The second-order valence-corrected chi connectivity index (χ2v) is 11.4. The zero-order valence-corrected chi connectivity index (χ0v) is 23.9. The third-order valence-electron chi connectivity index (χ3n) is 6.66. The summed E-state index contributed by atoms with van der Waals surface area (Å²) in [4.78, 5) is 28.3. The van der Waals surface area contributed by atoms with Gasteiger partial charge in [0, 0.05) is 11.3 Å². The fourth-order valence-electron chi connectivity index (χ4n) is 4.75. The molecule has 1 aromatic heterocycles. The Kier molecular flexibility index (Phi) is 7.81. The predicted octanol–water partition coefficient (Wildman–Crippen LogP) is 5.77. The van der Waals surface area contributed by atoms with Crippen LogP contribution in [0.1, 0.15) is 29.7 Å². The lowest BCUT2D eigenvalue weighted by Gasteiger charge is -2.23. The molecule has 1 atom stereocenters. The van der Waals surface area contributed by atoms with Crippen LogP contribution >= 0.6 is 23.1 Å². The summed E-state index contributed by atoms with van der Waals surface area (Å²) in [5.41, 5.74) is 1.23. The van der Waals surface area contributed by atoms with Crippen molar-refractivity contribution >= 4 is 45.7 Å². The Labute approximate surface area is 248 Å². The number of Topliss-reactive ketones (excluding diaryl/α,β-unsaturated/α-hetero) is 1. The van der Waals surface area contributed by atoms with Crippen molar-refractivity contribution in [2.45, 2.75) is 23.1 Å². The molecule has 1 N–H and O–H groups in total. The average Bonchev–Trinajstić information content (AvgIpc) is 3.58. The number of hydrogen-bond donors (Lipinski definition) is 1. The average molecular weight is 606 g/mol. The fraction of sp³-hybridized carbons (Fsp3) is 0.200. The number of carbonyl (C=O) groups is 2. The van der Waals surface area contributed by atoms with Gasteiger partial charge >= 0.3 is 5.91 Å². The van der Waals surface area contributed by atoms with Crippen molar-refractivity contribution in [3.05, 3.63) is 94.8 Å². The molecule has 9 nitrogen and oxygen atoms in total. The van der Waals surface area contributed by atoms with Gasteiger partial charge in [-0.05, 0) is 54.4 Å². The number of amides is 1. The molecule has 4 aromatic rings. The van der Waals surface area contributed by atoms with E-state index in [1.54, 1.807) is 60.7 Å². The molecule has 2 aliphatic rings. The summed E-state index contributed by atoms with van der Waals surface area (Å²) >= 11 is 2.37. The molecule has 0 spiro atoms. The maximum absolute atomic E-state index is 14.1. The van der Waals surface area contributed by atoms with Crippen LogP contribution in [0.15, 0.2) is 76.6 Å². The highest BCUT2D eigenvalue weighted by Gasteiger charge is 2.48. The number of aliphatic hydroxyl groups excluding tert-OH is 1. The minimum atomic E-state index is -1.02. The van der Waals surface area contributed by atoms with E-state index in [0.717, 1.165) is 11.3 Å². The number of nitrogens with zero attached hydrogens (tertiary/aromatic N) is 3. The molecule has 12 heteroatoms. The summed E-state index contributed by atoms with van der Waals surface area (Å²) in [6, 6.07) is 17.2. The maximum atomic E-state index is 14.1. The Bertz CT molecular complexity index is 1710. The lowest BCUT2D eigenvalue weighted by molar-refractivity contribution is -0.132. The second kappa shape index (κ2) is 11.8. The van der Waals surface area contributed by atoms with Gasteiger partial charge in [0.2, 0.25) is 5.13 Å². The van der Waals surface area contributed by atoms with Crippen LogP contribution in [0, 0.1) is 5.82 Å². The van der Waals surface area contributed by atoms with E-state index in [0.29, 0.717) is 63.9 Å². The zero-order valence-electron chi connectivity index (χ0n) is 22.3. The first kappa shape index (κ1) is 27.7. The van der Waals surface area contributed by atoms with Gasteiger partial charge in [0.25, 0.3) is 5.78 Å². The molecule has 0 saturated carbocycles. The van der Waals surface area contributed by atoms with Crippen LogP contribution in [0.3, 0.4) is 0 Å². The Morgan fingerprint density at radius 1 is 1.07 bits per heavy atom. The number of ether oxygens (including phenoxy) is 3. The van der Waals surface area contributed by atoms with Crippen LogP contribution < -0.4 is 19.1 Å². The van der Waals surface area contributed by atoms with E-state index in [-0.39, 0.29) is 22.3 Å². The first-order valence-electron chi connectivity index (χ1n) is 13.1. The van der Waals surface area contributed by atoms with Crippen LogP contribution in [0.4, 0.5) is 9.52 Å². The normalized spacial score (nSPS) is 17.5. The summed E-state index contributed by atoms with van der Waals surface area (Å²) in [6.07, 6.45) is 0. The standard InChI is InChI=1S/C30H24FN3O6S2/c1-2-38-20-8-5-7-17(14-20)25-24(26(35)18-10-11-22-23(15-18)40-13-12-39-22)27(36)28(37)34(25)29-32-33-30(42-29)41-16-19-6-3-4-9-21(19)31/h3-11,14-15,25,35H,2,12-13,16H2,1H3. The predicted molar refractivity (Wildman–Crippen MR) is 156 cm³/mol. The topological polar surface area (TPSA) is 111 Å². The summed E-state index contributed by atoms with van der Waals surface area (Å²) in [7, 11) is 0. The first-order chi connectivity index (χ1) is 20.4. The minimum Gasteiger partial charge on any atom is -0.507 e. The van der Waals surface area contributed by atoms with Crippen molar-refractivity contribution in [2.24, 2.45) is 0 Å². The molecule has 6 rings (SSSR count). The lowest BCUT2D eigenvalue weighted by Crippen LogP contribution is -2.29. The van der Waals surface area contributed by atoms with Gasteiger partial charge in [0.05, 0.1) is 18.2 Å². The molecule has 0 aliphatic carbocycles. The zero-order chi connectivity index (χ0) is 29.2. The van der Waals surface area contributed by atoms with E-state index in [1.807, 2.05) is 6.92 Å². The number of aromatic nitrogens is 2. The van der Waals surface area contributed by atoms with Crippen LogP contribution in [-0.4, -0.2) is 46.8 Å². The Morgan fingerprint density at radius 2 is 1.88 bits per heavy atom. The quantitative estimate of drug-likeness (QED) is 0.0880. The van der Waals surface area contributed by atoms with Crippen molar-refractivity contribution < 1.29 is 33.3 Å². The van der Waals surface area contributed by atoms with E-state index in [1.165, 1.54) is 22.7 Å². The highest BCUT2D eigenvalue weighted by atomic mass is 32.2. The lowest BCUT2D eigenvalue weighted by atomic mass is 9.95. The van der Waals surface area contributed by atoms with E-state index < -0.39 is 17.7 Å². The van der Waals surface area contributed by atoms with Gasteiger partial charge < -0.3 is 19.3 Å². The molecular formula is C30H24FN3O6S2. The molecule has 214 valence electrons. The highest BCUT2D eigenvalue weighted by molar-refractivity contribution is 8.00. The molecule has 42 heavy (non-hydrogen) atoms. The Balaban J connectivity index is 1.41. The number of thioether (sulfide) groups is 1. The third-order valence-corrected chi connectivity index (χ3v) is 8.76. The highest BCUT2D eigenvalue weighted by Crippen LogP contribution is 2.45. The van der Waals surface area contributed by atoms with Crippen LogP contribution in [0.25, 0.3) is 5.76 Å². The molecule has 1 amide bonds. The molecule has 3 heterocycles. The van der Waals surface area contributed by atoms with Gasteiger partial charge in [-0.1, -0.05) is 53.4 Å². The number of carbonyl (C=O) groups excluding carboxylic acids is 2. The molecule has 1 fully saturated rings. The summed E-state index contributed by atoms with van der Waals surface area (Å²) in [6.45, 7) is 3.02. The van der Waals surface area contributed by atoms with Gasteiger partial charge in [-0.3, -0.25) is 14.5 Å². The van der Waals surface area contributed by atoms with E-state index in [9.17, 15) is 19.1 Å². The van der Waals surface area contributed by atoms with Gasteiger partial charge in [-0.15, -0.1) is 10.2 Å². The number of hydrogen-bond acceptors (Lipinski definition) is 10. The first-order valence-corrected chi connectivity index (χ1v) is 14.9. The van der Waals surface area contributed by atoms with Crippen molar-refractivity contribution in [3.63, 3.8) is 0 Å². The second-order valence-electron chi connectivity index (χ2n) is 9.26. The van der Waals surface area contributed by atoms with Gasteiger partial charge in [-0.2, -0.15) is 0 Å². The van der Waals surface area contributed by atoms with Crippen molar-refractivity contribution in [3.8, 4) is 17.2 Å². The molecule has 0 bridgehead atoms. The van der Waals surface area contributed by atoms with Crippen molar-refractivity contribution in [2.75, 3.05) is 24.7 Å². The Hall–Kier alpha value is -4.42. The van der Waals surface area contributed by atoms with Crippen LogP contribution in [0.5, 0.6) is 17.2 Å². The Morgan fingerprint density at radius 3 is 2.69 bits per heavy atom. The number of ketones is 1. The van der Waals surface area contributed by atoms with Gasteiger partial charge in [0.1, 0.15) is 30.5 Å². The SMILES string of the molecule is CCOc1cccc(C2C(=C(O)c3ccc4c(c3)OCCO4)C(=O)C(=O)N2c2nnc(SCc3ccccc3F)s2)c1. The number of halogens is 1. The number of anilines is 1. The van der Waals surface area contributed by atoms with Crippen LogP contribution in [0.2, 0.25) is 0 Å². The number of rotatable bonds is 8. The number of fused-ring (bicyclic) bond motifs is 1. The van der Waals surface area contributed by atoms with Crippen LogP contribution in [-0.2, 0) is 15.3 Å². The smallest absolute Gasteiger partial charge is 0.301 e. The summed E-state index contributed by atoms with van der Waals surface area (Å²) in [5, 5.41) is 20.1. The molecule has 1 unspecified atom stereocenters. The fourth-order valence-corrected chi connectivity index (χ4v) is 6.60. The van der Waals surface area contributed by atoms with Gasteiger partial charge in [0.15, 0.2) is 15.8 Å². The van der Waals surface area contributed by atoms with Crippen molar-refractivity contribution in [1.29, 1.82) is 0 Å². The monoisotopic (exact) mass is 605 g/mol. The molecule has 0 radical (unpaired) electrons. The maximum Gasteiger partial charge on any atom is 0.301 e. The molecule has 3 aromatic carbocycles. The third kappa shape index (κ3) is 5.30. The van der Waals surface area contributed by atoms with Crippen molar-refractivity contribution in [1.82, 2.24) is 10.2 Å². The molecular weight excluding hydrogens is 581 g/mol. The number of aliphatic hydroxyl groups is 1. The van der Waals surface area contributed by atoms with E-state index in [2.05, 4.69) is 10.2 Å².